The molecule has 1 amide bonds. The Hall–Kier alpha value is -1.51. The van der Waals surface area contributed by atoms with Crippen molar-refractivity contribution in [2.24, 2.45) is 11.8 Å². The van der Waals surface area contributed by atoms with Gasteiger partial charge in [-0.05, 0) is 55.2 Å². The normalized spacial score (nSPS) is 18.3. The zero-order chi connectivity index (χ0) is 13.2. The lowest BCUT2D eigenvalue weighted by molar-refractivity contribution is -0.131. The smallest absolute Gasteiger partial charge is 0.227 e. The molecular weight excluding hydrogens is 236 g/mol. The molecule has 0 radical (unpaired) electrons. The van der Waals surface area contributed by atoms with Gasteiger partial charge in [0, 0.05) is 18.8 Å². The predicted octanol–water partition coefficient (Wildman–Crippen LogP) is 2.46. The van der Waals surface area contributed by atoms with Gasteiger partial charge in [0.15, 0.2) is 0 Å². The Morgan fingerprint density at radius 2 is 1.79 bits per heavy atom. The number of hydrogen-bond donors (Lipinski definition) is 1. The third-order valence-corrected chi connectivity index (χ3v) is 4.01. The van der Waals surface area contributed by atoms with Crippen molar-refractivity contribution >= 4 is 11.6 Å². The van der Waals surface area contributed by atoms with Crippen LogP contribution in [0.5, 0.6) is 0 Å². The summed E-state index contributed by atoms with van der Waals surface area (Å²) < 4.78 is 0. The standard InChI is InChI=1S/C16H22N2O/c17-15-3-1-2-14(8-15)9-16(19)18(10-12-4-5-12)11-13-6-7-13/h1-3,8,12-13H,4-7,9-11,17H2. The van der Waals surface area contributed by atoms with E-state index in [1.807, 2.05) is 24.3 Å². The molecule has 102 valence electrons. The van der Waals surface area contributed by atoms with Crippen molar-refractivity contribution in [2.45, 2.75) is 32.1 Å². The zero-order valence-corrected chi connectivity index (χ0v) is 11.3. The molecule has 2 aliphatic rings. The Balaban J connectivity index is 1.61. The average molecular weight is 258 g/mol. The molecule has 0 unspecified atom stereocenters. The van der Waals surface area contributed by atoms with E-state index in [9.17, 15) is 4.79 Å². The van der Waals surface area contributed by atoms with Crippen LogP contribution in [0, 0.1) is 11.8 Å². The van der Waals surface area contributed by atoms with Gasteiger partial charge in [0.25, 0.3) is 0 Å². The summed E-state index contributed by atoms with van der Waals surface area (Å²) >= 11 is 0. The van der Waals surface area contributed by atoms with E-state index in [0.717, 1.165) is 36.2 Å². The fraction of sp³-hybridized carbons (Fsp3) is 0.562. The van der Waals surface area contributed by atoms with Crippen LogP contribution in [0.15, 0.2) is 24.3 Å². The van der Waals surface area contributed by atoms with E-state index in [4.69, 9.17) is 5.73 Å². The molecule has 3 rings (SSSR count). The van der Waals surface area contributed by atoms with E-state index in [0.29, 0.717) is 6.42 Å². The van der Waals surface area contributed by atoms with Gasteiger partial charge in [0.05, 0.1) is 6.42 Å². The first kappa shape index (κ1) is 12.5. The third kappa shape index (κ3) is 3.72. The number of carbonyl (C=O) groups excluding carboxylic acids is 1. The SMILES string of the molecule is Nc1cccc(CC(=O)N(CC2CC2)CC2CC2)c1. The highest BCUT2D eigenvalue weighted by atomic mass is 16.2. The van der Waals surface area contributed by atoms with E-state index in [2.05, 4.69) is 4.90 Å². The van der Waals surface area contributed by atoms with Crippen LogP contribution in [0.3, 0.4) is 0 Å². The van der Waals surface area contributed by atoms with Crippen molar-refractivity contribution in [2.75, 3.05) is 18.8 Å². The summed E-state index contributed by atoms with van der Waals surface area (Å²) in [7, 11) is 0. The monoisotopic (exact) mass is 258 g/mol. The van der Waals surface area contributed by atoms with E-state index in [1.54, 1.807) is 0 Å². The molecule has 0 bridgehead atoms. The third-order valence-electron chi connectivity index (χ3n) is 4.01. The molecule has 2 N–H and O–H groups in total. The number of nitrogen functional groups attached to an aromatic ring is 1. The fourth-order valence-electron chi connectivity index (χ4n) is 2.49. The van der Waals surface area contributed by atoms with Crippen LogP contribution in [0.2, 0.25) is 0 Å². The molecular formula is C16H22N2O. The molecule has 1 aromatic rings. The van der Waals surface area contributed by atoms with E-state index in [-0.39, 0.29) is 5.91 Å². The van der Waals surface area contributed by atoms with Crippen molar-refractivity contribution in [1.29, 1.82) is 0 Å². The molecule has 1 aromatic carbocycles. The molecule has 0 aromatic heterocycles. The first-order valence-electron chi connectivity index (χ1n) is 7.33. The Bertz CT molecular complexity index is 450. The highest BCUT2D eigenvalue weighted by Crippen LogP contribution is 2.34. The van der Waals surface area contributed by atoms with Crippen LogP contribution < -0.4 is 5.73 Å². The first-order valence-corrected chi connectivity index (χ1v) is 7.33. The van der Waals surface area contributed by atoms with Crippen LogP contribution in [-0.4, -0.2) is 23.9 Å². The van der Waals surface area contributed by atoms with Crippen molar-refractivity contribution in [1.82, 2.24) is 4.90 Å². The van der Waals surface area contributed by atoms with E-state index >= 15 is 0 Å². The second-order valence-electron chi connectivity index (χ2n) is 6.11. The molecule has 0 spiro atoms. The van der Waals surface area contributed by atoms with Gasteiger partial charge in [-0.25, -0.2) is 0 Å². The molecule has 3 nitrogen and oxygen atoms in total. The summed E-state index contributed by atoms with van der Waals surface area (Å²) in [5.74, 6) is 1.80. The second-order valence-corrected chi connectivity index (χ2v) is 6.11. The van der Waals surface area contributed by atoms with Gasteiger partial charge in [-0.2, -0.15) is 0 Å². The van der Waals surface area contributed by atoms with E-state index in [1.165, 1.54) is 25.7 Å². The van der Waals surface area contributed by atoms with Crippen molar-refractivity contribution in [3.8, 4) is 0 Å². The predicted molar refractivity (Wildman–Crippen MR) is 76.6 cm³/mol. The minimum Gasteiger partial charge on any atom is -0.399 e. The number of nitrogens with two attached hydrogens (primary N) is 1. The number of hydrogen-bond acceptors (Lipinski definition) is 2. The molecule has 3 heteroatoms. The molecule has 19 heavy (non-hydrogen) atoms. The van der Waals surface area contributed by atoms with Gasteiger partial charge in [-0.3, -0.25) is 4.79 Å². The van der Waals surface area contributed by atoms with Gasteiger partial charge in [-0.15, -0.1) is 0 Å². The summed E-state index contributed by atoms with van der Waals surface area (Å²) in [5.41, 5.74) is 7.53. The highest BCUT2D eigenvalue weighted by Gasteiger charge is 2.31. The number of rotatable bonds is 6. The number of amides is 1. The Labute approximate surface area is 114 Å². The molecule has 0 atom stereocenters. The quantitative estimate of drug-likeness (QED) is 0.797. The molecule has 0 aliphatic heterocycles. The Kier molecular flexibility index (Phi) is 3.45. The summed E-state index contributed by atoms with van der Waals surface area (Å²) in [6.45, 7) is 1.94. The van der Waals surface area contributed by atoms with Gasteiger partial charge in [0.1, 0.15) is 0 Å². The summed E-state index contributed by atoms with van der Waals surface area (Å²) in [6, 6.07) is 7.68. The average Bonchev–Trinajstić information content (AvgIpc) is 3.23. The summed E-state index contributed by atoms with van der Waals surface area (Å²) in [6.07, 6.45) is 5.68. The van der Waals surface area contributed by atoms with E-state index < -0.39 is 0 Å². The number of benzene rings is 1. The van der Waals surface area contributed by atoms with Crippen LogP contribution in [-0.2, 0) is 11.2 Å². The maximum absolute atomic E-state index is 12.4. The van der Waals surface area contributed by atoms with Crippen LogP contribution >= 0.6 is 0 Å². The van der Waals surface area contributed by atoms with Gasteiger partial charge >= 0.3 is 0 Å². The maximum atomic E-state index is 12.4. The van der Waals surface area contributed by atoms with Crippen molar-refractivity contribution < 1.29 is 4.79 Å². The summed E-state index contributed by atoms with van der Waals surface area (Å²) in [4.78, 5) is 14.5. The van der Waals surface area contributed by atoms with Crippen LogP contribution in [0.25, 0.3) is 0 Å². The van der Waals surface area contributed by atoms with Gasteiger partial charge in [0.2, 0.25) is 5.91 Å². The number of carbonyl (C=O) groups is 1. The summed E-state index contributed by atoms with van der Waals surface area (Å²) in [5, 5.41) is 0. The zero-order valence-electron chi connectivity index (χ0n) is 11.3. The molecule has 2 saturated carbocycles. The highest BCUT2D eigenvalue weighted by molar-refractivity contribution is 5.79. The first-order chi connectivity index (χ1) is 9.20. The van der Waals surface area contributed by atoms with Gasteiger partial charge in [-0.1, -0.05) is 12.1 Å². The van der Waals surface area contributed by atoms with Crippen molar-refractivity contribution in [3.05, 3.63) is 29.8 Å². The van der Waals surface area contributed by atoms with Crippen LogP contribution in [0.4, 0.5) is 5.69 Å². The molecule has 2 aliphatic carbocycles. The minimum absolute atomic E-state index is 0.268. The molecule has 2 fully saturated rings. The number of anilines is 1. The molecule has 0 heterocycles. The number of nitrogens with zero attached hydrogens (tertiary/aromatic N) is 1. The maximum Gasteiger partial charge on any atom is 0.227 e. The van der Waals surface area contributed by atoms with Crippen molar-refractivity contribution in [3.63, 3.8) is 0 Å². The lowest BCUT2D eigenvalue weighted by atomic mass is 10.1. The molecule has 0 saturated heterocycles. The van der Waals surface area contributed by atoms with Gasteiger partial charge < -0.3 is 10.6 Å². The fourth-order valence-corrected chi connectivity index (χ4v) is 2.49. The lowest BCUT2D eigenvalue weighted by Crippen LogP contribution is -2.35. The van der Waals surface area contributed by atoms with Crippen LogP contribution in [0.1, 0.15) is 31.2 Å². The minimum atomic E-state index is 0.268. The Morgan fingerprint density at radius 1 is 1.16 bits per heavy atom. The largest absolute Gasteiger partial charge is 0.399 e. The lowest BCUT2D eigenvalue weighted by Gasteiger charge is -2.22. The second kappa shape index (κ2) is 5.24. The topological polar surface area (TPSA) is 46.3 Å². The Morgan fingerprint density at radius 3 is 2.32 bits per heavy atom.